The maximum atomic E-state index is 12.6. The van der Waals surface area contributed by atoms with Crippen LogP contribution in [0.25, 0.3) is 33.0 Å². The van der Waals surface area contributed by atoms with Crippen LogP contribution in [0.3, 0.4) is 0 Å². The molecule has 2 aliphatic rings. The molecule has 2 nitrogen and oxygen atoms in total. The Bertz CT molecular complexity index is 1860. The molecule has 1 aliphatic heterocycles. The minimum atomic E-state index is -0.434. The van der Waals surface area contributed by atoms with E-state index in [1.54, 1.807) is 0 Å². The van der Waals surface area contributed by atoms with Gasteiger partial charge in [-0.2, -0.15) is 0 Å². The molecule has 178 valence electrons. The van der Waals surface area contributed by atoms with Gasteiger partial charge >= 0.3 is 0 Å². The number of carbonyl (C=O) groups is 1. The van der Waals surface area contributed by atoms with E-state index in [0.717, 1.165) is 27.6 Å². The summed E-state index contributed by atoms with van der Waals surface area (Å²) in [5.74, 6) is -0.0291. The van der Waals surface area contributed by atoms with Crippen LogP contribution in [0.5, 0.6) is 0 Å². The molecule has 0 unspecified atom stereocenters. The van der Waals surface area contributed by atoms with E-state index in [-0.39, 0.29) is 5.91 Å². The summed E-state index contributed by atoms with van der Waals surface area (Å²) in [5.41, 5.74) is 11.1. The second kappa shape index (κ2) is 7.77. The van der Waals surface area contributed by atoms with E-state index in [4.69, 9.17) is 0 Å². The highest BCUT2D eigenvalue weighted by molar-refractivity contribution is 6.26. The molecule has 0 radical (unpaired) electrons. The standard InChI is InChI=1S/C36H23NO/c38-35-29-18-9-16-27-25(21-22-32(37-35)34(27)29)26-17-10-20-31-33(26)28-15-7-8-19-30(28)36(31,23-11-3-1-4-12-23)24-13-5-2-6-14-24/h1-22H,(H,37,38). The predicted molar refractivity (Wildman–Crippen MR) is 155 cm³/mol. The summed E-state index contributed by atoms with van der Waals surface area (Å²) in [5, 5.41) is 5.14. The van der Waals surface area contributed by atoms with Gasteiger partial charge in [-0.3, -0.25) is 4.79 Å². The summed E-state index contributed by atoms with van der Waals surface area (Å²) in [6, 6.07) is 47.5. The van der Waals surface area contributed by atoms with Crippen LogP contribution in [0.15, 0.2) is 133 Å². The predicted octanol–water partition coefficient (Wildman–Crippen LogP) is 8.44. The Morgan fingerprint density at radius 2 is 1.08 bits per heavy atom. The zero-order valence-electron chi connectivity index (χ0n) is 20.6. The van der Waals surface area contributed by atoms with E-state index < -0.39 is 5.41 Å². The van der Waals surface area contributed by atoms with Gasteiger partial charge in [0.25, 0.3) is 5.91 Å². The van der Waals surface area contributed by atoms with Gasteiger partial charge in [0, 0.05) is 16.6 Å². The summed E-state index contributed by atoms with van der Waals surface area (Å²) in [4.78, 5) is 12.6. The molecule has 0 spiro atoms. The SMILES string of the molecule is O=C1Nc2ccc(-c3cccc4c3-c3ccccc3C4(c3ccccc3)c3ccccc3)c3cccc1c23. The average Bonchev–Trinajstić information content (AvgIpc) is 3.48. The van der Waals surface area contributed by atoms with Crippen molar-refractivity contribution < 1.29 is 4.79 Å². The van der Waals surface area contributed by atoms with Crippen molar-refractivity contribution in [1.82, 2.24) is 0 Å². The Hall–Kier alpha value is -4.95. The minimum absolute atomic E-state index is 0.0291. The van der Waals surface area contributed by atoms with Crippen LogP contribution < -0.4 is 5.32 Å². The van der Waals surface area contributed by atoms with Crippen LogP contribution in [-0.4, -0.2) is 5.91 Å². The molecule has 1 amide bonds. The van der Waals surface area contributed by atoms with E-state index in [1.165, 1.54) is 38.9 Å². The Morgan fingerprint density at radius 3 is 1.84 bits per heavy atom. The maximum absolute atomic E-state index is 12.6. The zero-order valence-corrected chi connectivity index (χ0v) is 20.6. The van der Waals surface area contributed by atoms with Crippen molar-refractivity contribution >= 4 is 22.4 Å². The van der Waals surface area contributed by atoms with Gasteiger partial charge in [0.2, 0.25) is 0 Å². The van der Waals surface area contributed by atoms with Gasteiger partial charge in [0.1, 0.15) is 0 Å². The first-order chi connectivity index (χ1) is 18.8. The summed E-state index contributed by atoms with van der Waals surface area (Å²) >= 11 is 0. The second-order valence-electron chi connectivity index (χ2n) is 10.1. The molecule has 1 heterocycles. The fourth-order valence-corrected chi connectivity index (χ4v) is 6.84. The van der Waals surface area contributed by atoms with Crippen molar-refractivity contribution in [3.63, 3.8) is 0 Å². The van der Waals surface area contributed by atoms with Crippen molar-refractivity contribution in [2.75, 3.05) is 5.32 Å². The normalized spacial score (nSPS) is 14.3. The molecule has 8 rings (SSSR count). The lowest BCUT2D eigenvalue weighted by atomic mass is 9.67. The highest BCUT2D eigenvalue weighted by atomic mass is 16.1. The highest BCUT2D eigenvalue weighted by Crippen LogP contribution is 2.58. The number of carbonyl (C=O) groups excluding carboxylic acids is 1. The smallest absolute Gasteiger partial charge is 0.256 e. The van der Waals surface area contributed by atoms with E-state index in [2.05, 4.69) is 121 Å². The largest absolute Gasteiger partial charge is 0.321 e. The number of nitrogens with one attached hydrogen (secondary N) is 1. The molecule has 38 heavy (non-hydrogen) atoms. The Kier molecular flexibility index (Phi) is 4.33. The van der Waals surface area contributed by atoms with Crippen molar-refractivity contribution in [2.24, 2.45) is 0 Å². The summed E-state index contributed by atoms with van der Waals surface area (Å²) in [6.45, 7) is 0. The van der Waals surface area contributed by atoms with Crippen LogP contribution >= 0.6 is 0 Å². The van der Waals surface area contributed by atoms with Gasteiger partial charge in [0.05, 0.1) is 5.41 Å². The van der Waals surface area contributed by atoms with E-state index in [0.29, 0.717) is 0 Å². The number of benzene rings is 6. The Balaban J connectivity index is 1.51. The molecule has 0 fully saturated rings. The van der Waals surface area contributed by atoms with Gasteiger partial charge in [-0.1, -0.05) is 121 Å². The topological polar surface area (TPSA) is 29.1 Å². The highest BCUT2D eigenvalue weighted by Gasteiger charge is 2.46. The van der Waals surface area contributed by atoms with E-state index in [9.17, 15) is 4.79 Å². The molecule has 1 N–H and O–H groups in total. The third-order valence-corrected chi connectivity index (χ3v) is 8.31. The lowest BCUT2D eigenvalue weighted by molar-refractivity contribution is 0.103. The molecule has 0 atom stereocenters. The molecule has 0 saturated carbocycles. The van der Waals surface area contributed by atoms with Crippen molar-refractivity contribution in [2.45, 2.75) is 5.41 Å². The lowest BCUT2D eigenvalue weighted by Crippen LogP contribution is -2.28. The third-order valence-electron chi connectivity index (χ3n) is 8.31. The van der Waals surface area contributed by atoms with Crippen LogP contribution in [-0.2, 0) is 5.41 Å². The van der Waals surface area contributed by atoms with Gasteiger partial charge in [0.15, 0.2) is 0 Å². The summed E-state index contributed by atoms with van der Waals surface area (Å²) in [6.07, 6.45) is 0. The monoisotopic (exact) mass is 485 g/mol. The van der Waals surface area contributed by atoms with Crippen molar-refractivity contribution in [1.29, 1.82) is 0 Å². The summed E-state index contributed by atoms with van der Waals surface area (Å²) < 4.78 is 0. The fraction of sp³-hybridized carbons (Fsp3) is 0.0278. The number of fused-ring (bicyclic) bond motifs is 3. The number of anilines is 1. The quantitative estimate of drug-likeness (QED) is 0.267. The minimum Gasteiger partial charge on any atom is -0.321 e. The van der Waals surface area contributed by atoms with E-state index in [1.807, 2.05) is 18.2 Å². The van der Waals surface area contributed by atoms with Gasteiger partial charge in [-0.15, -0.1) is 0 Å². The molecule has 2 heteroatoms. The van der Waals surface area contributed by atoms with Gasteiger partial charge in [-0.05, 0) is 62.0 Å². The first-order valence-corrected chi connectivity index (χ1v) is 13.0. The molecule has 0 bridgehead atoms. The van der Waals surface area contributed by atoms with Gasteiger partial charge in [-0.25, -0.2) is 0 Å². The Labute approximate surface area is 221 Å². The molecule has 0 saturated heterocycles. The van der Waals surface area contributed by atoms with Crippen LogP contribution in [0.4, 0.5) is 5.69 Å². The third kappa shape index (κ3) is 2.64. The van der Waals surface area contributed by atoms with Crippen LogP contribution in [0.2, 0.25) is 0 Å². The summed E-state index contributed by atoms with van der Waals surface area (Å²) in [7, 11) is 0. The van der Waals surface area contributed by atoms with Crippen LogP contribution in [0, 0.1) is 0 Å². The zero-order chi connectivity index (χ0) is 25.3. The first kappa shape index (κ1) is 21.2. The Morgan fingerprint density at radius 1 is 0.474 bits per heavy atom. The van der Waals surface area contributed by atoms with Crippen molar-refractivity contribution in [3.8, 4) is 22.3 Å². The molecular weight excluding hydrogens is 462 g/mol. The fourth-order valence-electron chi connectivity index (χ4n) is 6.84. The number of rotatable bonds is 3. The van der Waals surface area contributed by atoms with Gasteiger partial charge < -0.3 is 5.32 Å². The number of amides is 1. The van der Waals surface area contributed by atoms with Crippen molar-refractivity contribution in [3.05, 3.63) is 161 Å². The molecular formula is C36H23NO. The molecule has 1 aliphatic carbocycles. The lowest BCUT2D eigenvalue weighted by Gasteiger charge is -2.34. The van der Waals surface area contributed by atoms with Crippen LogP contribution in [0.1, 0.15) is 32.6 Å². The second-order valence-corrected chi connectivity index (χ2v) is 10.1. The van der Waals surface area contributed by atoms with E-state index >= 15 is 0 Å². The molecule has 6 aromatic carbocycles. The maximum Gasteiger partial charge on any atom is 0.256 e. The number of hydrogen-bond donors (Lipinski definition) is 1. The average molecular weight is 486 g/mol. The molecule has 0 aromatic heterocycles. The number of hydrogen-bond acceptors (Lipinski definition) is 1. The first-order valence-electron chi connectivity index (χ1n) is 13.0. The molecule has 6 aromatic rings.